The number of amides is 1. The lowest BCUT2D eigenvalue weighted by molar-refractivity contribution is 0.0130. The molecule has 0 bridgehead atoms. The maximum atomic E-state index is 11.5. The summed E-state index contributed by atoms with van der Waals surface area (Å²) >= 11 is 6.12. The van der Waals surface area contributed by atoms with Gasteiger partial charge in [-0.25, -0.2) is 4.79 Å². The van der Waals surface area contributed by atoms with Crippen molar-refractivity contribution in [1.82, 2.24) is 5.32 Å². The van der Waals surface area contributed by atoms with Gasteiger partial charge in [0.25, 0.3) is 0 Å². The first kappa shape index (κ1) is 18.5. The van der Waals surface area contributed by atoms with Crippen molar-refractivity contribution in [3.8, 4) is 0 Å². The van der Waals surface area contributed by atoms with Gasteiger partial charge >= 0.3 is 6.09 Å². The third kappa shape index (κ3) is 5.05. The van der Waals surface area contributed by atoms with Gasteiger partial charge in [0.15, 0.2) is 0 Å². The molecular weight excluding hydrogens is 308 g/mol. The van der Waals surface area contributed by atoms with Gasteiger partial charge in [0.2, 0.25) is 0 Å². The predicted molar refractivity (Wildman–Crippen MR) is 85.8 cm³/mol. The highest BCUT2D eigenvalue weighted by molar-refractivity contribution is 6.32. The molecule has 7 heteroatoms. The summed E-state index contributed by atoms with van der Waals surface area (Å²) < 4.78 is 5.05. The molecule has 2 unspecified atom stereocenters. The number of benzene rings is 1. The lowest BCUT2D eigenvalue weighted by atomic mass is 10.0. The molecular formula is C15H23ClN2O4. The zero-order valence-electron chi connectivity index (χ0n) is 13.2. The molecule has 124 valence electrons. The minimum Gasteiger partial charge on any atom is -0.444 e. The van der Waals surface area contributed by atoms with Gasteiger partial charge in [-0.3, -0.25) is 0 Å². The third-order valence-corrected chi connectivity index (χ3v) is 3.50. The average Bonchev–Trinajstić information content (AvgIpc) is 2.40. The van der Waals surface area contributed by atoms with Gasteiger partial charge in [-0.15, -0.1) is 0 Å². The number of aliphatic hydroxyl groups is 2. The number of halogens is 1. The maximum Gasteiger partial charge on any atom is 0.407 e. The first-order valence-corrected chi connectivity index (χ1v) is 7.28. The number of anilines is 1. The molecule has 0 aromatic heterocycles. The Morgan fingerprint density at radius 1 is 1.41 bits per heavy atom. The van der Waals surface area contributed by atoms with Crippen LogP contribution < -0.4 is 11.1 Å². The standard InChI is InChI=1S/C15H23ClN2O4/c1-8-10(17)6-5-9(12(8)16)13(20)11(19)7-18-14(21)22-15(2,3)4/h5-6,11,13,19-20H,7,17H2,1-4H3,(H,18,21). The molecule has 1 rings (SSSR count). The first-order chi connectivity index (χ1) is 10.0. The monoisotopic (exact) mass is 330 g/mol. The Balaban J connectivity index is 2.68. The number of carbonyl (C=O) groups excluding carboxylic acids is 1. The number of alkyl carbamates (subject to hydrolysis) is 1. The second kappa shape index (κ2) is 7.17. The summed E-state index contributed by atoms with van der Waals surface area (Å²) in [6.45, 7) is 6.74. The highest BCUT2D eigenvalue weighted by atomic mass is 35.5. The van der Waals surface area contributed by atoms with Crippen molar-refractivity contribution in [2.75, 3.05) is 12.3 Å². The van der Waals surface area contributed by atoms with E-state index in [2.05, 4.69) is 5.32 Å². The largest absolute Gasteiger partial charge is 0.444 e. The van der Waals surface area contributed by atoms with Gasteiger partial charge in [-0.2, -0.15) is 0 Å². The summed E-state index contributed by atoms with van der Waals surface area (Å²) in [6.07, 6.45) is -3.15. The molecule has 0 saturated carbocycles. The van der Waals surface area contributed by atoms with Gasteiger partial charge in [0, 0.05) is 17.8 Å². The summed E-state index contributed by atoms with van der Waals surface area (Å²) in [7, 11) is 0. The molecule has 0 aliphatic carbocycles. The van der Waals surface area contributed by atoms with Crippen LogP contribution in [0.3, 0.4) is 0 Å². The van der Waals surface area contributed by atoms with Gasteiger partial charge in [0.05, 0.1) is 5.02 Å². The molecule has 6 nitrogen and oxygen atoms in total. The van der Waals surface area contributed by atoms with Crippen molar-refractivity contribution in [2.45, 2.75) is 45.5 Å². The van der Waals surface area contributed by atoms with Crippen molar-refractivity contribution in [2.24, 2.45) is 0 Å². The summed E-state index contributed by atoms with van der Waals surface area (Å²) in [5.74, 6) is 0. The van der Waals surface area contributed by atoms with Crippen molar-refractivity contribution in [3.05, 3.63) is 28.3 Å². The lowest BCUT2D eigenvalue weighted by Crippen LogP contribution is -2.38. The van der Waals surface area contributed by atoms with E-state index >= 15 is 0 Å². The molecule has 0 aliphatic rings. The molecule has 0 spiro atoms. The van der Waals surface area contributed by atoms with E-state index in [1.807, 2.05) is 0 Å². The minimum atomic E-state index is -1.25. The van der Waals surface area contributed by atoms with E-state index in [-0.39, 0.29) is 6.54 Å². The number of hydrogen-bond donors (Lipinski definition) is 4. The fourth-order valence-corrected chi connectivity index (χ4v) is 2.05. The van der Waals surface area contributed by atoms with E-state index in [9.17, 15) is 15.0 Å². The SMILES string of the molecule is Cc1c(N)ccc(C(O)C(O)CNC(=O)OC(C)(C)C)c1Cl. The Morgan fingerprint density at radius 2 is 2.00 bits per heavy atom. The zero-order valence-corrected chi connectivity index (χ0v) is 13.9. The molecule has 1 aromatic carbocycles. The third-order valence-electron chi connectivity index (χ3n) is 3.00. The van der Waals surface area contributed by atoms with Gasteiger partial charge < -0.3 is 26.0 Å². The quantitative estimate of drug-likeness (QED) is 0.633. The Bertz CT molecular complexity index is 543. The highest BCUT2D eigenvalue weighted by Crippen LogP contribution is 2.31. The molecule has 0 aliphatic heterocycles. The van der Waals surface area contributed by atoms with Crippen LogP contribution >= 0.6 is 11.6 Å². The molecule has 22 heavy (non-hydrogen) atoms. The smallest absolute Gasteiger partial charge is 0.407 e. The normalized spacial score (nSPS) is 14.3. The number of hydrogen-bond acceptors (Lipinski definition) is 5. The van der Waals surface area contributed by atoms with Crippen LogP contribution in [0.25, 0.3) is 0 Å². The fraction of sp³-hybridized carbons (Fsp3) is 0.533. The Kier molecular flexibility index (Phi) is 6.05. The van der Waals surface area contributed by atoms with E-state index in [1.165, 1.54) is 0 Å². The Hall–Kier alpha value is -1.50. The Morgan fingerprint density at radius 3 is 2.55 bits per heavy atom. The van der Waals surface area contributed by atoms with Gasteiger partial charge in [-0.1, -0.05) is 17.7 Å². The first-order valence-electron chi connectivity index (χ1n) is 6.90. The van der Waals surface area contributed by atoms with Crippen LogP contribution in [0.5, 0.6) is 0 Å². The minimum absolute atomic E-state index is 0.171. The van der Waals surface area contributed by atoms with Crippen LogP contribution in [0.15, 0.2) is 12.1 Å². The van der Waals surface area contributed by atoms with Crippen LogP contribution in [0.4, 0.5) is 10.5 Å². The second-order valence-electron chi connectivity index (χ2n) is 6.08. The molecule has 2 atom stereocenters. The Labute approximate surface area is 135 Å². The summed E-state index contributed by atoms with van der Waals surface area (Å²) in [4.78, 5) is 11.5. The summed E-state index contributed by atoms with van der Waals surface area (Å²) in [6, 6.07) is 3.15. The van der Waals surface area contributed by atoms with Crippen molar-refractivity contribution in [3.63, 3.8) is 0 Å². The summed E-state index contributed by atoms with van der Waals surface area (Å²) in [5, 5.41) is 22.8. The number of nitrogens with one attached hydrogen (secondary N) is 1. The average molecular weight is 331 g/mol. The van der Waals surface area contributed by atoms with Crippen molar-refractivity contribution >= 4 is 23.4 Å². The van der Waals surface area contributed by atoms with Crippen LogP contribution in [-0.4, -0.2) is 34.6 Å². The van der Waals surface area contributed by atoms with Crippen LogP contribution in [0, 0.1) is 6.92 Å². The topological polar surface area (TPSA) is 105 Å². The summed E-state index contributed by atoms with van der Waals surface area (Å²) in [5.41, 5.74) is 6.57. The number of nitrogens with two attached hydrogens (primary N) is 1. The van der Waals surface area contributed by atoms with Crippen LogP contribution in [0.2, 0.25) is 5.02 Å². The number of rotatable bonds is 4. The molecule has 5 N–H and O–H groups in total. The van der Waals surface area contributed by atoms with E-state index in [0.29, 0.717) is 21.8 Å². The molecule has 1 aromatic rings. The molecule has 0 fully saturated rings. The highest BCUT2D eigenvalue weighted by Gasteiger charge is 2.24. The molecule has 1 amide bonds. The molecule has 0 saturated heterocycles. The zero-order chi connectivity index (χ0) is 17.1. The fourth-order valence-electron chi connectivity index (χ4n) is 1.77. The predicted octanol–water partition coefficient (Wildman–Crippen LogP) is 2.15. The number of nitrogen functional groups attached to an aromatic ring is 1. The van der Waals surface area contributed by atoms with E-state index < -0.39 is 23.9 Å². The maximum absolute atomic E-state index is 11.5. The van der Waals surface area contributed by atoms with Gasteiger partial charge in [0.1, 0.15) is 17.8 Å². The number of ether oxygens (including phenoxy) is 1. The number of aliphatic hydroxyl groups excluding tert-OH is 2. The van der Waals surface area contributed by atoms with E-state index in [1.54, 1.807) is 39.8 Å². The van der Waals surface area contributed by atoms with Gasteiger partial charge in [-0.05, 0) is 39.3 Å². The van der Waals surface area contributed by atoms with Crippen molar-refractivity contribution in [1.29, 1.82) is 0 Å². The molecule has 0 heterocycles. The number of carbonyl (C=O) groups is 1. The van der Waals surface area contributed by atoms with E-state index in [4.69, 9.17) is 22.1 Å². The van der Waals surface area contributed by atoms with Crippen molar-refractivity contribution < 1.29 is 19.7 Å². The van der Waals surface area contributed by atoms with E-state index in [0.717, 1.165) is 0 Å². The molecule has 0 radical (unpaired) electrons. The van der Waals surface area contributed by atoms with Crippen LogP contribution in [-0.2, 0) is 4.74 Å². The second-order valence-corrected chi connectivity index (χ2v) is 6.46. The lowest BCUT2D eigenvalue weighted by Gasteiger charge is -2.23. The van der Waals surface area contributed by atoms with Crippen LogP contribution in [0.1, 0.15) is 38.0 Å².